The molecule has 7 heteroatoms. The van der Waals surface area contributed by atoms with Crippen LogP contribution in [0, 0.1) is 10.1 Å². The summed E-state index contributed by atoms with van der Waals surface area (Å²) in [6, 6.07) is 9.64. The highest BCUT2D eigenvalue weighted by molar-refractivity contribution is 6.08. The van der Waals surface area contributed by atoms with Crippen LogP contribution in [0.3, 0.4) is 0 Å². The van der Waals surface area contributed by atoms with Crippen LogP contribution in [0.5, 0.6) is 5.75 Å². The summed E-state index contributed by atoms with van der Waals surface area (Å²) < 4.78 is 5.25. The maximum absolute atomic E-state index is 12.4. The van der Waals surface area contributed by atoms with Gasteiger partial charge in [0.1, 0.15) is 5.75 Å². The Balaban J connectivity index is 1.82. The zero-order valence-electron chi connectivity index (χ0n) is 14.0. The fourth-order valence-corrected chi connectivity index (χ4v) is 2.66. The molecule has 1 N–H and O–H groups in total. The average molecular weight is 352 g/mol. The van der Waals surface area contributed by atoms with Crippen molar-refractivity contribution in [1.29, 1.82) is 0 Å². The first-order valence-corrected chi connectivity index (χ1v) is 8.04. The van der Waals surface area contributed by atoms with Crippen LogP contribution in [0.2, 0.25) is 0 Å². The van der Waals surface area contributed by atoms with Gasteiger partial charge in [0.2, 0.25) is 0 Å². The Morgan fingerprint density at radius 1 is 1.31 bits per heavy atom. The predicted molar refractivity (Wildman–Crippen MR) is 96.4 cm³/mol. The predicted octanol–water partition coefficient (Wildman–Crippen LogP) is 3.38. The molecule has 1 heterocycles. The Hall–Kier alpha value is -3.48. The van der Waals surface area contributed by atoms with Crippen LogP contribution >= 0.6 is 0 Å². The van der Waals surface area contributed by atoms with E-state index in [1.54, 1.807) is 30.3 Å². The largest absolute Gasteiger partial charge is 0.482 e. The molecule has 0 atom stereocenters. The van der Waals surface area contributed by atoms with E-state index in [1.165, 1.54) is 18.2 Å². The molecule has 132 valence electrons. The number of nitrogens with zero attached hydrogens (tertiary/aromatic N) is 1. The number of anilines is 1. The number of hydrogen-bond acceptors (Lipinski definition) is 5. The Morgan fingerprint density at radius 2 is 2.12 bits per heavy atom. The molecular weight excluding hydrogens is 336 g/mol. The minimum Gasteiger partial charge on any atom is -0.482 e. The van der Waals surface area contributed by atoms with Crippen molar-refractivity contribution in [2.75, 3.05) is 11.9 Å². The minimum absolute atomic E-state index is 0.0377. The zero-order chi connectivity index (χ0) is 18.7. The molecule has 0 saturated carbocycles. The van der Waals surface area contributed by atoms with Gasteiger partial charge in [0.05, 0.1) is 10.6 Å². The highest BCUT2D eigenvalue weighted by atomic mass is 16.6. The maximum atomic E-state index is 12.4. The minimum atomic E-state index is -0.426. The van der Waals surface area contributed by atoms with Gasteiger partial charge in [-0.05, 0) is 36.3 Å². The molecular formula is C19H16N2O5. The number of aryl methyl sites for hydroxylation is 1. The van der Waals surface area contributed by atoms with Gasteiger partial charge >= 0.3 is 0 Å². The van der Waals surface area contributed by atoms with E-state index in [0.717, 1.165) is 0 Å². The number of benzene rings is 2. The fraction of sp³-hybridized carbons (Fsp3) is 0.158. The molecule has 0 aromatic heterocycles. The zero-order valence-corrected chi connectivity index (χ0v) is 14.0. The summed E-state index contributed by atoms with van der Waals surface area (Å²) in [7, 11) is 0. The number of ketones is 1. The molecule has 2 aromatic carbocycles. The second-order valence-corrected chi connectivity index (χ2v) is 5.74. The number of carbonyl (C=O) groups excluding carboxylic acids is 2. The lowest BCUT2D eigenvalue weighted by Crippen LogP contribution is -2.25. The van der Waals surface area contributed by atoms with Crippen LogP contribution in [0.15, 0.2) is 42.5 Å². The first-order valence-electron chi connectivity index (χ1n) is 8.04. The van der Waals surface area contributed by atoms with E-state index in [1.807, 2.05) is 6.92 Å². The van der Waals surface area contributed by atoms with Gasteiger partial charge in [-0.2, -0.15) is 0 Å². The van der Waals surface area contributed by atoms with E-state index in [2.05, 4.69) is 5.32 Å². The third-order valence-corrected chi connectivity index (χ3v) is 4.01. The number of nitro benzene ring substituents is 1. The Labute approximate surface area is 149 Å². The van der Waals surface area contributed by atoms with Gasteiger partial charge in [-0.25, -0.2) is 0 Å². The molecule has 0 radical (unpaired) electrons. The van der Waals surface area contributed by atoms with Crippen molar-refractivity contribution in [3.63, 3.8) is 0 Å². The average Bonchev–Trinajstić information content (AvgIpc) is 2.65. The first-order chi connectivity index (χ1) is 12.5. The van der Waals surface area contributed by atoms with Crippen molar-refractivity contribution < 1.29 is 19.2 Å². The summed E-state index contributed by atoms with van der Waals surface area (Å²) in [4.78, 5) is 34.4. The van der Waals surface area contributed by atoms with Gasteiger partial charge in [0.15, 0.2) is 12.4 Å². The number of hydrogen-bond donors (Lipinski definition) is 1. The van der Waals surface area contributed by atoms with E-state index in [-0.39, 0.29) is 24.0 Å². The van der Waals surface area contributed by atoms with Gasteiger partial charge < -0.3 is 10.1 Å². The van der Waals surface area contributed by atoms with E-state index in [4.69, 9.17) is 4.74 Å². The summed E-state index contributed by atoms with van der Waals surface area (Å²) in [5.41, 5.74) is 2.07. The number of nitrogens with one attached hydrogen (secondary N) is 1. The number of fused-ring (bicyclic) bond motifs is 1. The van der Waals surface area contributed by atoms with Crippen LogP contribution < -0.4 is 10.1 Å². The second kappa shape index (κ2) is 7.18. The smallest absolute Gasteiger partial charge is 0.273 e. The molecule has 2 aromatic rings. The van der Waals surface area contributed by atoms with Crippen LogP contribution in [0.4, 0.5) is 11.4 Å². The molecule has 0 unspecified atom stereocenters. The number of carbonyl (C=O) groups is 2. The highest BCUT2D eigenvalue weighted by Crippen LogP contribution is 2.29. The Kier molecular flexibility index (Phi) is 4.79. The first kappa shape index (κ1) is 17.3. The van der Waals surface area contributed by atoms with Crippen LogP contribution in [0.25, 0.3) is 6.08 Å². The van der Waals surface area contributed by atoms with Crippen molar-refractivity contribution in [2.24, 2.45) is 0 Å². The molecule has 0 fully saturated rings. The molecule has 0 bridgehead atoms. The van der Waals surface area contributed by atoms with E-state index in [9.17, 15) is 19.7 Å². The van der Waals surface area contributed by atoms with E-state index in [0.29, 0.717) is 34.5 Å². The number of nitro groups is 1. The topological polar surface area (TPSA) is 98.5 Å². The van der Waals surface area contributed by atoms with Gasteiger partial charge in [-0.15, -0.1) is 0 Å². The number of allylic oxidation sites excluding steroid dienone is 1. The number of amides is 1. The molecule has 1 aliphatic rings. The summed E-state index contributed by atoms with van der Waals surface area (Å²) in [6.07, 6.45) is 3.43. The molecule has 26 heavy (non-hydrogen) atoms. The lowest BCUT2D eigenvalue weighted by atomic mass is 10.0. The van der Waals surface area contributed by atoms with Gasteiger partial charge in [0.25, 0.3) is 11.6 Å². The molecule has 0 saturated heterocycles. The lowest BCUT2D eigenvalue weighted by molar-refractivity contribution is -0.385. The molecule has 7 nitrogen and oxygen atoms in total. The molecule has 1 amide bonds. The lowest BCUT2D eigenvalue weighted by Gasteiger charge is -2.17. The SMILES string of the molecule is CCc1ccc(C=CC(=O)c2ccc3c(c2)NC(=O)CO3)cc1[N+](=O)[O-]. The van der Waals surface area contributed by atoms with Gasteiger partial charge in [0, 0.05) is 17.2 Å². The maximum Gasteiger partial charge on any atom is 0.273 e. The van der Waals surface area contributed by atoms with Crippen molar-refractivity contribution >= 4 is 29.1 Å². The van der Waals surface area contributed by atoms with Crippen LogP contribution in [-0.4, -0.2) is 23.2 Å². The normalized spacial score (nSPS) is 13.0. The number of rotatable bonds is 5. The van der Waals surface area contributed by atoms with Gasteiger partial charge in [-0.3, -0.25) is 19.7 Å². The number of ether oxygens (including phenoxy) is 1. The van der Waals surface area contributed by atoms with Crippen LogP contribution in [0.1, 0.15) is 28.4 Å². The molecule has 1 aliphatic heterocycles. The molecule has 3 rings (SSSR count). The summed E-state index contributed by atoms with van der Waals surface area (Å²) in [5, 5.41) is 13.8. The third kappa shape index (κ3) is 3.61. The van der Waals surface area contributed by atoms with Crippen molar-refractivity contribution in [3.05, 3.63) is 69.3 Å². The Bertz CT molecular complexity index is 934. The van der Waals surface area contributed by atoms with Crippen molar-refractivity contribution in [3.8, 4) is 5.75 Å². The molecule has 0 spiro atoms. The van der Waals surface area contributed by atoms with Gasteiger partial charge in [-0.1, -0.05) is 25.1 Å². The summed E-state index contributed by atoms with van der Waals surface area (Å²) in [6.45, 7) is 1.80. The van der Waals surface area contributed by atoms with Crippen molar-refractivity contribution in [1.82, 2.24) is 0 Å². The quantitative estimate of drug-likeness (QED) is 0.385. The van der Waals surface area contributed by atoms with Crippen LogP contribution in [-0.2, 0) is 11.2 Å². The van der Waals surface area contributed by atoms with E-state index < -0.39 is 4.92 Å². The standard InChI is InChI=1S/C19H16N2O5/c1-2-13-5-3-12(9-16(13)21(24)25)4-7-17(22)14-6-8-18-15(10-14)20-19(23)11-26-18/h3-10H,2,11H2,1H3,(H,20,23). The molecule has 0 aliphatic carbocycles. The summed E-state index contributed by atoms with van der Waals surface area (Å²) >= 11 is 0. The van der Waals surface area contributed by atoms with E-state index >= 15 is 0 Å². The Morgan fingerprint density at radius 3 is 2.85 bits per heavy atom. The monoisotopic (exact) mass is 352 g/mol. The highest BCUT2D eigenvalue weighted by Gasteiger charge is 2.17. The van der Waals surface area contributed by atoms with Crippen molar-refractivity contribution in [2.45, 2.75) is 13.3 Å². The second-order valence-electron chi connectivity index (χ2n) is 5.74. The third-order valence-electron chi connectivity index (χ3n) is 4.01. The fourth-order valence-electron chi connectivity index (χ4n) is 2.66. The summed E-state index contributed by atoms with van der Waals surface area (Å²) in [5.74, 6) is -0.0493.